The predicted molar refractivity (Wildman–Crippen MR) is 118 cm³/mol. The number of rotatable bonds is 5. The van der Waals surface area contributed by atoms with Crippen LogP contribution >= 0.6 is 0 Å². The molecule has 162 valence electrons. The van der Waals surface area contributed by atoms with Gasteiger partial charge in [-0.1, -0.05) is 42.5 Å². The van der Waals surface area contributed by atoms with E-state index in [1.54, 1.807) is 24.2 Å². The molecule has 0 fully saturated rings. The molecule has 0 spiro atoms. The van der Waals surface area contributed by atoms with Crippen LogP contribution in [0.25, 0.3) is 0 Å². The molecule has 31 heavy (non-hydrogen) atoms. The number of amides is 1. The molecule has 1 aliphatic carbocycles. The smallest absolute Gasteiger partial charge is 0.242 e. The Labute approximate surface area is 183 Å². The van der Waals surface area contributed by atoms with E-state index in [2.05, 4.69) is 12.1 Å². The molecule has 0 N–H and O–H groups in total. The summed E-state index contributed by atoms with van der Waals surface area (Å²) in [5, 5.41) is 3.45. The Morgan fingerprint density at radius 3 is 2.29 bits per heavy atom. The van der Waals surface area contributed by atoms with Gasteiger partial charge in [0.05, 0.1) is 14.2 Å². The summed E-state index contributed by atoms with van der Waals surface area (Å²) in [4.78, 5) is 26.8. The standard InChI is InChI=1S/C25H28N2O4/c1-26(2)27-20-13-17(16-9-6-5-7-10-16)14-21(28)24(20)19(15-23(27)29)18-11-8-12-22(30-3)25(18)31-4/h5-12,17,19H,13-15H2,1-4H3/t17-,19+/m0/s1. The SMILES string of the molecule is COc1cccc([C@H]2CC(=O)N(N(C)C)C3=C2C(=O)C[C@@H](c2ccccc2)C3)c1OC. The molecule has 0 unspecified atom stereocenters. The van der Waals surface area contributed by atoms with Crippen molar-refractivity contribution in [2.45, 2.75) is 31.1 Å². The summed E-state index contributed by atoms with van der Waals surface area (Å²) < 4.78 is 11.1. The summed E-state index contributed by atoms with van der Waals surface area (Å²) in [6.07, 6.45) is 1.28. The highest BCUT2D eigenvalue weighted by atomic mass is 16.5. The number of para-hydroxylation sites is 1. The lowest BCUT2D eigenvalue weighted by molar-refractivity contribution is -0.143. The minimum absolute atomic E-state index is 0.0277. The second-order valence-corrected chi connectivity index (χ2v) is 8.19. The lowest BCUT2D eigenvalue weighted by atomic mass is 9.73. The number of ketones is 1. The normalized spacial score (nSPS) is 21.4. The molecule has 4 rings (SSSR count). The van der Waals surface area contributed by atoms with Gasteiger partial charge >= 0.3 is 0 Å². The van der Waals surface area contributed by atoms with Gasteiger partial charge in [-0.3, -0.25) is 9.59 Å². The molecule has 0 saturated carbocycles. The number of hydrogen-bond donors (Lipinski definition) is 0. The number of allylic oxidation sites excluding steroid dienone is 2. The van der Waals surface area contributed by atoms with Gasteiger partial charge in [0, 0.05) is 49.7 Å². The summed E-state index contributed by atoms with van der Waals surface area (Å²) in [7, 11) is 6.85. The van der Waals surface area contributed by atoms with Gasteiger partial charge in [0.25, 0.3) is 0 Å². The highest BCUT2D eigenvalue weighted by Gasteiger charge is 2.43. The Balaban J connectivity index is 1.86. The monoisotopic (exact) mass is 420 g/mol. The Kier molecular flexibility index (Phi) is 5.83. The molecular weight excluding hydrogens is 392 g/mol. The fourth-order valence-corrected chi connectivity index (χ4v) is 4.90. The molecule has 2 aromatic carbocycles. The maximum absolute atomic E-state index is 13.5. The number of carbonyl (C=O) groups excluding carboxylic acids is 2. The van der Waals surface area contributed by atoms with Gasteiger partial charge < -0.3 is 9.47 Å². The first kappa shape index (κ1) is 21.1. The van der Waals surface area contributed by atoms with E-state index in [9.17, 15) is 9.59 Å². The fourth-order valence-electron chi connectivity index (χ4n) is 4.90. The third-order valence-corrected chi connectivity index (χ3v) is 6.18. The highest BCUT2D eigenvalue weighted by molar-refractivity contribution is 6.02. The van der Waals surface area contributed by atoms with Gasteiger partial charge in [-0.2, -0.15) is 0 Å². The number of Topliss-reactive ketones (excluding diaryl/α,β-unsaturated/α-hetero) is 1. The molecule has 1 heterocycles. The van der Waals surface area contributed by atoms with Crippen molar-refractivity contribution in [2.75, 3.05) is 28.3 Å². The molecule has 1 aliphatic heterocycles. The molecule has 6 nitrogen and oxygen atoms in total. The second-order valence-electron chi connectivity index (χ2n) is 8.19. The average molecular weight is 421 g/mol. The number of hydrogen-bond acceptors (Lipinski definition) is 5. The third kappa shape index (κ3) is 3.72. The van der Waals surface area contributed by atoms with Crippen LogP contribution in [0.3, 0.4) is 0 Å². The van der Waals surface area contributed by atoms with Gasteiger partial charge in [-0.25, -0.2) is 10.0 Å². The average Bonchev–Trinajstić information content (AvgIpc) is 2.77. The molecule has 0 bridgehead atoms. The van der Waals surface area contributed by atoms with E-state index in [0.717, 1.165) is 16.8 Å². The molecule has 6 heteroatoms. The van der Waals surface area contributed by atoms with Crippen LogP contribution in [-0.2, 0) is 9.59 Å². The van der Waals surface area contributed by atoms with Crippen molar-refractivity contribution < 1.29 is 19.1 Å². The van der Waals surface area contributed by atoms with Crippen LogP contribution in [0.15, 0.2) is 59.8 Å². The van der Waals surface area contributed by atoms with Crippen molar-refractivity contribution in [1.82, 2.24) is 10.0 Å². The minimum Gasteiger partial charge on any atom is -0.493 e. The van der Waals surface area contributed by atoms with Crippen molar-refractivity contribution in [2.24, 2.45) is 0 Å². The first-order valence-electron chi connectivity index (χ1n) is 10.5. The van der Waals surface area contributed by atoms with Gasteiger partial charge in [0.1, 0.15) is 0 Å². The van der Waals surface area contributed by atoms with Crippen molar-refractivity contribution in [3.8, 4) is 11.5 Å². The molecule has 0 aromatic heterocycles. The lowest BCUT2D eigenvalue weighted by Gasteiger charge is -2.43. The molecular formula is C25H28N2O4. The zero-order valence-electron chi connectivity index (χ0n) is 18.4. The summed E-state index contributed by atoms with van der Waals surface area (Å²) >= 11 is 0. The molecule has 1 amide bonds. The molecule has 0 radical (unpaired) electrons. The van der Waals surface area contributed by atoms with Crippen molar-refractivity contribution >= 4 is 11.7 Å². The predicted octanol–water partition coefficient (Wildman–Crippen LogP) is 3.90. The first-order valence-corrected chi connectivity index (χ1v) is 10.5. The van der Waals surface area contributed by atoms with Crippen LogP contribution < -0.4 is 9.47 Å². The van der Waals surface area contributed by atoms with Gasteiger partial charge in [0.2, 0.25) is 5.91 Å². The number of hydrazine groups is 1. The zero-order chi connectivity index (χ0) is 22.1. The topological polar surface area (TPSA) is 59.1 Å². The van der Waals surface area contributed by atoms with Crippen LogP contribution in [0.1, 0.15) is 42.2 Å². The fraction of sp³-hybridized carbons (Fsp3) is 0.360. The maximum atomic E-state index is 13.5. The van der Waals surface area contributed by atoms with E-state index in [1.165, 1.54) is 0 Å². The van der Waals surface area contributed by atoms with E-state index >= 15 is 0 Å². The highest BCUT2D eigenvalue weighted by Crippen LogP contribution is 2.48. The number of methoxy groups -OCH3 is 2. The molecule has 2 atom stereocenters. The van der Waals surface area contributed by atoms with Crippen LogP contribution in [0, 0.1) is 0 Å². The Morgan fingerprint density at radius 1 is 0.903 bits per heavy atom. The number of ether oxygens (including phenoxy) is 2. The Hall–Kier alpha value is -3.12. The van der Waals surface area contributed by atoms with Crippen LogP contribution in [0.4, 0.5) is 0 Å². The lowest BCUT2D eigenvalue weighted by Crippen LogP contribution is -2.48. The van der Waals surface area contributed by atoms with E-state index < -0.39 is 0 Å². The zero-order valence-corrected chi connectivity index (χ0v) is 18.4. The van der Waals surface area contributed by atoms with E-state index in [0.29, 0.717) is 29.9 Å². The minimum atomic E-state index is -0.354. The number of carbonyl (C=O) groups is 2. The van der Waals surface area contributed by atoms with Crippen LogP contribution in [0.2, 0.25) is 0 Å². The van der Waals surface area contributed by atoms with Crippen molar-refractivity contribution in [3.63, 3.8) is 0 Å². The Morgan fingerprint density at radius 2 is 1.65 bits per heavy atom. The molecule has 2 aliphatic rings. The van der Waals surface area contributed by atoms with Crippen LogP contribution in [-0.4, -0.2) is 50.0 Å². The van der Waals surface area contributed by atoms with Crippen LogP contribution in [0.5, 0.6) is 11.5 Å². The van der Waals surface area contributed by atoms with Gasteiger partial charge in [-0.15, -0.1) is 0 Å². The Bertz CT molecular complexity index is 1030. The van der Waals surface area contributed by atoms with E-state index in [1.807, 2.05) is 50.5 Å². The number of nitrogens with zero attached hydrogens (tertiary/aromatic N) is 2. The third-order valence-electron chi connectivity index (χ3n) is 6.18. The van der Waals surface area contributed by atoms with Crippen molar-refractivity contribution in [3.05, 3.63) is 70.9 Å². The second kappa shape index (κ2) is 8.55. The summed E-state index contributed by atoms with van der Waals surface area (Å²) in [5.74, 6) is 0.923. The number of benzene rings is 2. The first-order chi connectivity index (χ1) is 15.0. The largest absolute Gasteiger partial charge is 0.493 e. The van der Waals surface area contributed by atoms with Crippen molar-refractivity contribution in [1.29, 1.82) is 0 Å². The quantitative estimate of drug-likeness (QED) is 0.734. The molecule has 2 aromatic rings. The van der Waals surface area contributed by atoms with Gasteiger partial charge in [-0.05, 0) is 24.0 Å². The molecule has 0 saturated heterocycles. The summed E-state index contributed by atoms with van der Waals surface area (Å²) in [6.45, 7) is 0. The summed E-state index contributed by atoms with van der Waals surface area (Å²) in [6, 6.07) is 15.7. The maximum Gasteiger partial charge on any atom is 0.242 e. The van der Waals surface area contributed by atoms with Gasteiger partial charge in [0.15, 0.2) is 17.3 Å². The van der Waals surface area contributed by atoms with E-state index in [-0.39, 0.29) is 29.9 Å². The van der Waals surface area contributed by atoms with E-state index in [4.69, 9.17) is 9.47 Å². The summed E-state index contributed by atoms with van der Waals surface area (Å²) in [5.41, 5.74) is 3.44.